The third kappa shape index (κ3) is 4.50. The van der Waals surface area contributed by atoms with Crippen molar-refractivity contribution in [3.8, 4) is 0 Å². The summed E-state index contributed by atoms with van der Waals surface area (Å²) in [4.78, 5) is 4.42. The summed E-state index contributed by atoms with van der Waals surface area (Å²) in [6.45, 7) is 7.38. The van der Waals surface area contributed by atoms with Crippen molar-refractivity contribution >= 4 is 33.3 Å². The van der Waals surface area contributed by atoms with E-state index < -0.39 is 10.8 Å². The zero-order valence-electron chi connectivity index (χ0n) is 12.6. The minimum Gasteiger partial charge on any atom is -0.312 e. The average molecular weight is 325 g/mol. The monoisotopic (exact) mass is 324 g/mol. The highest BCUT2D eigenvalue weighted by molar-refractivity contribution is 7.86. The van der Waals surface area contributed by atoms with Gasteiger partial charge in [-0.2, -0.15) is 0 Å². The lowest BCUT2D eigenvalue weighted by Crippen LogP contribution is -2.29. The van der Waals surface area contributed by atoms with Crippen LogP contribution in [0.15, 0.2) is 30.5 Å². The first kappa shape index (κ1) is 16.4. The van der Waals surface area contributed by atoms with Crippen LogP contribution >= 0.6 is 11.6 Å². The van der Waals surface area contributed by atoms with Gasteiger partial charge in [0, 0.05) is 51.0 Å². The molecule has 2 rings (SSSR count). The fraction of sp³-hybridized carbons (Fsp3) is 0.438. The second kappa shape index (κ2) is 6.86. The van der Waals surface area contributed by atoms with Crippen LogP contribution in [0.25, 0.3) is 10.9 Å². The first-order chi connectivity index (χ1) is 9.88. The topological polar surface area (TPSA) is 42.0 Å². The molecule has 1 aromatic heterocycles. The number of nitrogens with zero attached hydrogens (tertiary/aromatic N) is 1. The number of rotatable bonds is 5. The van der Waals surface area contributed by atoms with Gasteiger partial charge in [-0.3, -0.25) is 9.19 Å². The SMILES string of the molecule is CC(C)(C)S(=O)CCNCc1cc(Cl)cc2cccnc12. The van der Waals surface area contributed by atoms with E-state index in [1.807, 2.05) is 45.0 Å². The van der Waals surface area contributed by atoms with Crippen LogP contribution in [-0.2, 0) is 17.3 Å². The van der Waals surface area contributed by atoms with Crippen molar-refractivity contribution in [2.75, 3.05) is 12.3 Å². The Kier molecular flexibility index (Phi) is 5.36. The number of hydrogen-bond acceptors (Lipinski definition) is 3. The molecule has 0 fully saturated rings. The summed E-state index contributed by atoms with van der Waals surface area (Å²) in [6.07, 6.45) is 1.79. The molecule has 1 unspecified atom stereocenters. The molecule has 0 radical (unpaired) electrons. The van der Waals surface area contributed by atoms with Crippen LogP contribution < -0.4 is 5.32 Å². The highest BCUT2D eigenvalue weighted by Gasteiger charge is 2.18. The van der Waals surface area contributed by atoms with Gasteiger partial charge in [0.15, 0.2) is 0 Å². The average Bonchev–Trinajstić information content (AvgIpc) is 2.41. The second-order valence-electron chi connectivity index (χ2n) is 5.98. The normalized spacial score (nSPS) is 13.5. The molecule has 2 aromatic rings. The molecule has 0 bridgehead atoms. The highest BCUT2D eigenvalue weighted by atomic mass is 35.5. The Balaban J connectivity index is 2.00. The number of pyridine rings is 1. The van der Waals surface area contributed by atoms with E-state index in [-0.39, 0.29) is 4.75 Å². The van der Waals surface area contributed by atoms with Crippen LogP contribution in [0.3, 0.4) is 0 Å². The molecule has 0 saturated heterocycles. The Morgan fingerprint density at radius 2 is 2.10 bits per heavy atom. The number of fused-ring (bicyclic) bond motifs is 1. The van der Waals surface area contributed by atoms with Crippen molar-refractivity contribution in [2.24, 2.45) is 0 Å². The first-order valence-corrected chi connectivity index (χ1v) is 8.70. The fourth-order valence-electron chi connectivity index (χ4n) is 2.06. The lowest BCUT2D eigenvalue weighted by atomic mass is 10.1. The van der Waals surface area contributed by atoms with E-state index in [0.29, 0.717) is 23.9 Å². The maximum absolute atomic E-state index is 12.0. The quantitative estimate of drug-likeness (QED) is 0.856. The fourth-order valence-corrected chi connectivity index (χ4v) is 3.25. The molecule has 0 aliphatic carbocycles. The number of nitrogens with one attached hydrogen (secondary N) is 1. The zero-order chi connectivity index (χ0) is 15.5. The molecule has 1 aromatic carbocycles. The summed E-state index contributed by atoms with van der Waals surface area (Å²) in [5.74, 6) is 0.648. The molecule has 0 aliphatic heterocycles. The molecular formula is C16H21ClN2OS. The molecule has 1 atom stereocenters. The lowest BCUT2D eigenvalue weighted by Gasteiger charge is -2.17. The van der Waals surface area contributed by atoms with Crippen LogP contribution in [0, 0.1) is 0 Å². The Morgan fingerprint density at radius 3 is 2.81 bits per heavy atom. The molecule has 1 heterocycles. The molecular weight excluding hydrogens is 304 g/mol. The zero-order valence-corrected chi connectivity index (χ0v) is 14.2. The first-order valence-electron chi connectivity index (χ1n) is 7.00. The van der Waals surface area contributed by atoms with Crippen molar-refractivity contribution in [1.82, 2.24) is 10.3 Å². The van der Waals surface area contributed by atoms with E-state index >= 15 is 0 Å². The van der Waals surface area contributed by atoms with Gasteiger partial charge in [0.1, 0.15) is 0 Å². The standard InChI is InChI=1S/C16H21ClN2OS/c1-16(2,3)21(20)8-7-18-11-13-10-14(17)9-12-5-4-6-19-15(12)13/h4-6,9-10,18H,7-8,11H2,1-3H3. The highest BCUT2D eigenvalue weighted by Crippen LogP contribution is 2.22. The Morgan fingerprint density at radius 1 is 1.33 bits per heavy atom. The summed E-state index contributed by atoms with van der Waals surface area (Å²) in [7, 11) is -0.831. The van der Waals surface area contributed by atoms with Crippen molar-refractivity contribution in [2.45, 2.75) is 32.1 Å². The van der Waals surface area contributed by atoms with Gasteiger partial charge in [0.05, 0.1) is 5.52 Å². The summed E-state index contributed by atoms with van der Waals surface area (Å²) >= 11 is 6.14. The predicted molar refractivity (Wildman–Crippen MR) is 91.2 cm³/mol. The van der Waals surface area contributed by atoms with Gasteiger partial charge >= 0.3 is 0 Å². The smallest absolute Gasteiger partial charge is 0.0747 e. The molecule has 1 N–H and O–H groups in total. The Bertz CT molecular complexity index is 652. The van der Waals surface area contributed by atoms with Gasteiger partial charge in [-0.1, -0.05) is 17.7 Å². The molecule has 0 spiro atoms. The van der Waals surface area contributed by atoms with Crippen molar-refractivity contribution < 1.29 is 4.21 Å². The maximum Gasteiger partial charge on any atom is 0.0747 e. The Labute approximate surface area is 133 Å². The molecule has 5 heteroatoms. The van der Waals surface area contributed by atoms with Crippen LogP contribution in [0.5, 0.6) is 0 Å². The van der Waals surface area contributed by atoms with Crippen molar-refractivity contribution in [3.63, 3.8) is 0 Å². The van der Waals surface area contributed by atoms with Gasteiger partial charge in [0.25, 0.3) is 0 Å². The molecule has 3 nitrogen and oxygen atoms in total. The van der Waals surface area contributed by atoms with Crippen molar-refractivity contribution in [1.29, 1.82) is 0 Å². The molecule has 114 valence electrons. The van der Waals surface area contributed by atoms with E-state index in [9.17, 15) is 4.21 Å². The third-order valence-corrected chi connectivity index (χ3v) is 5.37. The molecule has 0 aliphatic rings. The lowest BCUT2D eigenvalue weighted by molar-refractivity contribution is 0.641. The molecule has 21 heavy (non-hydrogen) atoms. The van der Waals surface area contributed by atoms with Gasteiger partial charge in [0.2, 0.25) is 0 Å². The van der Waals surface area contributed by atoms with Crippen molar-refractivity contribution in [3.05, 3.63) is 41.0 Å². The van der Waals surface area contributed by atoms with E-state index in [2.05, 4.69) is 10.3 Å². The van der Waals surface area contributed by atoms with E-state index in [1.54, 1.807) is 6.20 Å². The van der Waals surface area contributed by atoms with Crippen LogP contribution in [0.2, 0.25) is 5.02 Å². The van der Waals surface area contributed by atoms with Crippen LogP contribution in [0.1, 0.15) is 26.3 Å². The van der Waals surface area contributed by atoms with Gasteiger partial charge in [-0.25, -0.2) is 0 Å². The largest absolute Gasteiger partial charge is 0.312 e. The van der Waals surface area contributed by atoms with Gasteiger partial charge in [-0.15, -0.1) is 0 Å². The van der Waals surface area contributed by atoms with Gasteiger partial charge < -0.3 is 5.32 Å². The van der Waals surface area contributed by atoms with E-state index in [4.69, 9.17) is 11.6 Å². The molecule has 0 amide bonds. The van der Waals surface area contributed by atoms with Crippen LogP contribution in [0.4, 0.5) is 0 Å². The third-order valence-electron chi connectivity index (χ3n) is 3.21. The second-order valence-corrected chi connectivity index (χ2v) is 8.74. The summed E-state index contributed by atoms with van der Waals surface area (Å²) in [6, 6.07) is 7.77. The number of benzene rings is 1. The number of halogens is 1. The van der Waals surface area contributed by atoms with Crippen LogP contribution in [-0.4, -0.2) is 26.2 Å². The summed E-state index contributed by atoms with van der Waals surface area (Å²) in [5.41, 5.74) is 2.03. The number of aromatic nitrogens is 1. The van der Waals surface area contributed by atoms with E-state index in [1.165, 1.54) is 0 Å². The molecule has 0 saturated carbocycles. The minimum absolute atomic E-state index is 0.161. The minimum atomic E-state index is -0.831. The van der Waals surface area contributed by atoms with Gasteiger partial charge in [-0.05, 0) is 44.5 Å². The predicted octanol–water partition coefficient (Wildman–Crippen LogP) is 3.53. The number of hydrogen-bond donors (Lipinski definition) is 1. The summed E-state index contributed by atoms with van der Waals surface area (Å²) < 4.78 is 11.8. The maximum atomic E-state index is 12.0. The summed E-state index contributed by atoms with van der Waals surface area (Å²) in [5, 5.41) is 5.09. The van der Waals surface area contributed by atoms with E-state index in [0.717, 1.165) is 16.5 Å². The Hall–Kier alpha value is -0.970.